The Morgan fingerprint density at radius 2 is 1.96 bits per heavy atom. The highest BCUT2D eigenvalue weighted by atomic mass is 16.5. The summed E-state index contributed by atoms with van der Waals surface area (Å²) in [6.07, 6.45) is 3.19. The van der Waals surface area contributed by atoms with Gasteiger partial charge in [0.2, 0.25) is 0 Å². The molecule has 0 heterocycles. The minimum atomic E-state index is -0.479. The Kier molecular flexibility index (Phi) is 7.02. The third-order valence-corrected chi connectivity index (χ3v) is 3.33. The van der Waals surface area contributed by atoms with Crippen LogP contribution >= 0.6 is 0 Å². The van der Waals surface area contributed by atoms with Crippen molar-refractivity contribution in [2.75, 3.05) is 18.5 Å². The van der Waals surface area contributed by atoms with Crippen LogP contribution in [0.3, 0.4) is 0 Å². The van der Waals surface area contributed by atoms with Crippen LogP contribution in [0.4, 0.5) is 5.69 Å². The zero-order chi connectivity index (χ0) is 18.8. The molecule has 0 aliphatic rings. The molecule has 0 fully saturated rings. The van der Waals surface area contributed by atoms with Crippen LogP contribution in [-0.2, 0) is 4.79 Å². The van der Waals surface area contributed by atoms with E-state index in [1.807, 2.05) is 13.0 Å². The maximum Gasteiger partial charge on any atom is 0.266 e. The van der Waals surface area contributed by atoms with Crippen molar-refractivity contribution >= 4 is 17.7 Å². The normalized spacial score (nSPS) is 10.5. The average Bonchev–Trinajstić information content (AvgIpc) is 2.66. The van der Waals surface area contributed by atoms with Gasteiger partial charge in [0.1, 0.15) is 29.7 Å². The molecule has 0 atom stereocenters. The fraction of sp³-hybridized carbons (Fsp3) is 0.143. The lowest BCUT2D eigenvalue weighted by atomic mass is 10.1. The number of carbonyl (C=O) groups excluding carboxylic acids is 1. The smallest absolute Gasteiger partial charge is 0.266 e. The van der Waals surface area contributed by atoms with E-state index < -0.39 is 5.91 Å². The largest absolute Gasteiger partial charge is 0.494 e. The lowest BCUT2D eigenvalue weighted by Crippen LogP contribution is -2.13. The number of benzene rings is 2. The van der Waals surface area contributed by atoms with Crippen molar-refractivity contribution in [1.29, 1.82) is 5.26 Å². The van der Waals surface area contributed by atoms with E-state index in [1.165, 1.54) is 6.08 Å². The number of amides is 1. The van der Waals surface area contributed by atoms with E-state index >= 15 is 0 Å². The Morgan fingerprint density at radius 3 is 2.62 bits per heavy atom. The molecule has 2 aromatic carbocycles. The highest BCUT2D eigenvalue weighted by molar-refractivity contribution is 6.09. The van der Waals surface area contributed by atoms with Crippen LogP contribution in [0.25, 0.3) is 6.08 Å². The van der Waals surface area contributed by atoms with Gasteiger partial charge in [-0.1, -0.05) is 30.9 Å². The number of nitrogens with zero attached hydrogens (tertiary/aromatic N) is 1. The van der Waals surface area contributed by atoms with Crippen LogP contribution in [0, 0.1) is 11.3 Å². The van der Waals surface area contributed by atoms with Gasteiger partial charge in [-0.05, 0) is 42.8 Å². The van der Waals surface area contributed by atoms with E-state index in [-0.39, 0.29) is 5.57 Å². The minimum Gasteiger partial charge on any atom is -0.494 e. The summed E-state index contributed by atoms with van der Waals surface area (Å²) in [5.41, 5.74) is 1.30. The Morgan fingerprint density at radius 1 is 1.19 bits per heavy atom. The number of hydrogen-bond acceptors (Lipinski definition) is 4. The predicted octanol–water partition coefficient (Wildman–Crippen LogP) is 4.20. The Bertz CT molecular complexity index is 833. The quantitative estimate of drug-likeness (QED) is 0.441. The first-order chi connectivity index (χ1) is 12.7. The lowest BCUT2D eigenvalue weighted by Gasteiger charge is -2.07. The van der Waals surface area contributed by atoms with Gasteiger partial charge >= 0.3 is 0 Å². The Labute approximate surface area is 153 Å². The van der Waals surface area contributed by atoms with Gasteiger partial charge in [0.25, 0.3) is 5.91 Å². The van der Waals surface area contributed by atoms with Gasteiger partial charge in [-0.25, -0.2) is 0 Å². The highest BCUT2D eigenvalue weighted by Crippen LogP contribution is 2.19. The maximum absolute atomic E-state index is 12.3. The monoisotopic (exact) mass is 348 g/mol. The summed E-state index contributed by atoms with van der Waals surface area (Å²) in [5, 5.41) is 12.0. The molecule has 2 rings (SSSR count). The summed E-state index contributed by atoms with van der Waals surface area (Å²) < 4.78 is 10.8. The summed E-state index contributed by atoms with van der Waals surface area (Å²) in [6.45, 7) is 6.43. The fourth-order valence-electron chi connectivity index (χ4n) is 2.16. The van der Waals surface area contributed by atoms with Crippen LogP contribution in [0.5, 0.6) is 11.5 Å². The van der Waals surface area contributed by atoms with Crippen molar-refractivity contribution in [2.24, 2.45) is 0 Å². The molecular weight excluding hydrogens is 328 g/mol. The average molecular weight is 348 g/mol. The van der Waals surface area contributed by atoms with Crippen LogP contribution in [0.2, 0.25) is 0 Å². The first kappa shape index (κ1) is 18.8. The zero-order valence-corrected chi connectivity index (χ0v) is 14.6. The third kappa shape index (κ3) is 5.53. The summed E-state index contributed by atoms with van der Waals surface area (Å²) in [6, 6.07) is 16.1. The van der Waals surface area contributed by atoms with Gasteiger partial charge in [0.15, 0.2) is 0 Å². The molecule has 0 aliphatic carbocycles. The first-order valence-electron chi connectivity index (χ1n) is 8.16. The molecule has 0 saturated heterocycles. The van der Waals surface area contributed by atoms with E-state index in [0.29, 0.717) is 30.4 Å². The molecule has 0 unspecified atom stereocenters. The van der Waals surface area contributed by atoms with E-state index in [1.54, 1.807) is 54.6 Å². The molecule has 5 heteroatoms. The van der Waals surface area contributed by atoms with Crippen molar-refractivity contribution in [3.8, 4) is 17.6 Å². The summed E-state index contributed by atoms with van der Waals surface area (Å²) in [5.74, 6) is 0.869. The summed E-state index contributed by atoms with van der Waals surface area (Å²) in [7, 11) is 0. The number of nitriles is 1. The molecule has 0 aliphatic heterocycles. The van der Waals surface area contributed by atoms with Crippen molar-refractivity contribution < 1.29 is 14.3 Å². The molecule has 1 amide bonds. The zero-order valence-electron chi connectivity index (χ0n) is 14.6. The Balaban J connectivity index is 2.10. The Hall–Kier alpha value is -3.52. The number of anilines is 1. The molecule has 5 nitrogen and oxygen atoms in total. The summed E-state index contributed by atoms with van der Waals surface area (Å²) >= 11 is 0. The molecule has 1 N–H and O–H groups in total. The van der Waals surface area contributed by atoms with E-state index in [2.05, 4.69) is 11.9 Å². The number of carbonyl (C=O) groups is 1. The molecule has 26 heavy (non-hydrogen) atoms. The molecular formula is C21H20N2O3. The molecule has 0 bridgehead atoms. The highest BCUT2D eigenvalue weighted by Gasteiger charge is 2.10. The van der Waals surface area contributed by atoms with Crippen LogP contribution in [0.1, 0.15) is 12.5 Å². The second kappa shape index (κ2) is 9.70. The first-order valence-corrected chi connectivity index (χ1v) is 8.16. The van der Waals surface area contributed by atoms with Gasteiger partial charge < -0.3 is 14.8 Å². The SMILES string of the molecule is C=CCOc1ccc(/C=C(/C#N)C(=O)Nc2cccc(OCC)c2)cc1. The number of nitrogens with one attached hydrogen (secondary N) is 1. The molecule has 0 aromatic heterocycles. The van der Waals surface area contributed by atoms with Gasteiger partial charge in [0, 0.05) is 11.8 Å². The number of hydrogen-bond donors (Lipinski definition) is 1. The van der Waals surface area contributed by atoms with Crippen molar-refractivity contribution in [2.45, 2.75) is 6.92 Å². The topological polar surface area (TPSA) is 71.3 Å². The van der Waals surface area contributed by atoms with Gasteiger partial charge in [0.05, 0.1) is 6.61 Å². The second-order valence-electron chi connectivity index (χ2n) is 5.25. The minimum absolute atomic E-state index is 0.00609. The van der Waals surface area contributed by atoms with Crippen LogP contribution in [-0.4, -0.2) is 19.1 Å². The van der Waals surface area contributed by atoms with Crippen molar-refractivity contribution in [3.63, 3.8) is 0 Å². The van der Waals surface area contributed by atoms with Gasteiger partial charge in [-0.3, -0.25) is 4.79 Å². The van der Waals surface area contributed by atoms with Crippen molar-refractivity contribution in [1.82, 2.24) is 0 Å². The second-order valence-corrected chi connectivity index (χ2v) is 5.25. The van der Waals surface area contributed by atoms with Crippen LogP contribution in [0.15, 0.2) is 66.8 Å². The molecule has 0 spiro atoms. The number of ether oxygens (including phenoxy) is 2. The van der Waals surface area contributed by atoms with E-state index in [0.717, 1.165) is 5.56 Å². The van der Waals surface area contributed by atoms with E-state index in [9.17, 15) is 10.1 Å². The molecule has 0 saturated carbocycles. The van der Waals surface area contributed by atoms with Crippen molar-refractivity contribution in [3.05, 3.63) is 72.3 Å². The fourth-order valence-corrected chi connectivity index (χ4v) is 2.16. The number of rotatable bonds is 8. The van der Waals surface area contributed by atoms with Gasteiger partial charge in [-0.2, -0.15) is 5.26 Å². The summed E-state index contributed by atoms with van der Waals surface area (Å²) in [4.78, 5) is 12.3. The lowest BCUT2D eigenvalue weighted by molar-refractivity contribution is -0.112. The van der Waals surface area contributed by atoms with Gasteiger partial charge in [-0.15, -0.1) is 0 Å². The molecule has 132 valence electrons. The van der Waals surface area contributed by atoms with E-state index in [4.69, 9.17) is 9.47 Å². The predicted molar refractivity (Wildman–Crippen MR) is 102 cm³/mol. The molecule has 0 radical (unpaired) electrons. The standard InChI is InChI=1S/C21H20N2O3/c1-3-12-26-19-10-8-16(9-11-19)13-17(15-22)21(24)23-18-6-5-7-20(14-18)25-4-2/h3,5-11,13-14H,1,4,12H2,2H3,(H,23,24)/b17-13-. The molecule has 2 aromatic rings. The maximum atomic E-state index is 12.3. The third-order valence-electron chi connectivity index (χ3n) is 3.33. The van der Waals surface area contributed by atoms with Crippen LogP contribution < -0.4 is 14.8 Å².